The van der Waals surface area contributed by atoms with E-state index in [0.29, 0.717) is 6.61 Å². The van der Waals surface area contributed by atoms with Gasteiger partial charge in [0, 0.05) is 25.0 Å². The molecule has 86 valence electrons. The molecule has 0 amide bonds. The molecule has 2 unspecified atom stereocenters. The van der Waals surface area contributed by atoms with Gasteiger partial charge in [-0.2, -0.15) is 0 Å². The predicted octanol–water partition coefficient (Wildman–Crippen LogP) is 1.89. The summed E-state index contributed by atoms with van der Waals surface area (Å²) in [6, 6.07) is 10.6. The molecule has 2 fully saturated rings. The van der Waals surface area contributed by atoms with Gasteiger partial charge in [-0.25, -0.2) is 0 Å². The lowest BCUT2D eigenvalue weighted by atomic mass is 9.63. The van der Waals surface area contributed by atoms with Crippen LogP contribution >= 0.6 is 0 Å². The normalized spacial score (nSPS) is 33.4. The molecule has 0 radical (unpaired) electrons. The van der Waals surface area contributed by atoms with Gasteiger partial charge in [-0.3, -0.25) is 4.90 Å². The summed E-state index contributed by atoms with van der Waals surface area (Å²) in [4.78, 5) is 2.50. The summed E-state index contributed by atoms with van der Waals surface area (Å²) in [6.07, 6.45) is 2.53. The minimum Gasteiger partial charge on any atom is -0.396 e. The van der Waals surface area contributed by atoms with Crippen LogP contribution in [0, 0.1) is 11.3 Å². The largest absolute Gasteiger partial charge is 0.396 e. The summed E-state index contributed by atoms with van der Waals surface area (Å²) in [7, 11) is 0. The molecule has 3 rings (SSSR count). The molecule has 0 aromatic heterocycles. The van der Waals surface area contributed by atoms with Crippen molar-refractivity contribution in [1.82, 2.24) is 4.90 Å². The van der Waals surface area contributed by atoms with Crippen LogP contribution in [0.4, 0.5) is 0 Å². The quantitative estimate of drug-likeness (QED) is 0.835. The Labute approximate surface area is 96.9 Å². The average Bonchev–Trinajstić information content (AvgIpc) is 2.54. The van der Waals surface area contributed by atoms with Gasteiger partial charge in [0.15, 0.2) is 0 Å². The molecule has 1 saturated heterocycles. The Morgan fingerprint density at radius 2 is 2.12 bits per heavy atom. The lowest BCUT2D eigenvalue weighted by Crippen LogP contribution is -2.42. The molecular weight excluding hydrogens is 198 g/mol. The van der Waals surface area contributed by atoms with Crippen molar-refractivity contribution in [3.8, 4) is 0 Å². The molecule has 1 aliphatic heterocycles. The number of rotatable bonds is 3. The average molecular weight is 217 g/mol. The van der Waals surface area contributed by atoms with Crippen LogP contribution in [0.15, 0.2) is 30.3 Å². The standard InChI is InChI=1S/C14H19NO/c16-11-14-7-6-13(14)9-15(10-14)8-12-4-2-1-3-5-12/h1-5,13,16H,6-11H2. The van der Waals surface area contributed by atoms with Gasteiger partial charge in [0.1, 0.15) is 0 Å². The first kappa shape index (κ1) is 10.3. The fourth-order valence-electron chi connectivity index (χ4n) is 3.29. The van der Waals surface area contributed by atoms with Crippen molar-refractivity contribution in [1.29, 1.82) is 0 Å². The van der Waals surface area contributed by atoms with Gasteiger partial charge in [0.25, 0.3) is 0 Å². The van der Waals surface area contributed by atoms with Gasteiger partial charge in [0.2, 0.25) is 0 Å². The molecule has 0 spiro atoms. The third-order valence-electron chi connectivity index (χ3n) is 4.44. The predicted molar refractivity (Wildman–Crippen MR) is 64.0 cm³/mol. The van der Waals surface area contributed by atoms with E-state index in [-0.39, 0.29) is 5.41 Å². The van der Waals surface area contributed by atoms with Crippen molar-refractivity contribution in [2.24, 2.45) is 11.3 Å². The fourth-order valence-corrected chi connectivity index (χ4v) is 3.29. The second-order valence-corrected chi connectivity index (χ2v) is 5.41. The first-order valence-electron chi connectivity index (χ1n) is 6.19. The van der Waals surface area contributed by atoms with Gasteiger partial charge >= 0.3 is 0 Å². The number of hydrogen-bond acceptors (Lipinski definition) is 2. The van der Waals surface area contributed by atoms with Crippen molar-refractivity contribution in [3.63, 3.8) is 0 Å². The summed E-state index contributed by atoms with van der Waals surface area (Å²) in [5, 5.41) is 9.50. The van der Waals surface area contributed by atoms with E-state index in [4.69, 9.17) is 0 Å². The molecule has 16 heavy (non-hydrogen) atoms. The molecule has 2 heteroatoms. The monoisotopic (exact) mass is 217 g/mol. The Hall–Kier alpha value is -0.860. The highest BCUT2D eigenvalue weighted by Crippen LogP contribution is 2.51. The number of hydrogen-bond donors (Lipinski definition) is 1. The Morgan fingerprint density at radius 3 is 2.69 bits per heavy atom. The van der Waals surface area contributed by atoms with Crippen LogP contribution in [-0.2, 0) is 6.54 Å². The Balaban J connectivity index is 1.66. The lowest BCUT2D eigenvalue weighted by Gasteiger charge is -2.42. The van der Waals surface area contributed by atoms with Crippen LogP contribution < -0.4 is 0 Å². The third kappa shape index (κ3) is 1.57. The van der Waals surface area contributed by atoms with E-state index in [0.717, 1.165) is 19.0 Å². The molecule has 1 N–H and O–H groups in total. The van der Waals surface area contributed by atoms with E-state index in [1.807, 2.05) is 0 Å². The summed E-state index contributed by atoms with van der Waals surface area (Å²) in [6.45, 7) is 3.68. The van der Waals surface area contributed by atoms with E-state index in [2.05, 4.69) is 35.2 Å². The van der Waals surface area contributed by atoms with Crippen LogP contribution in [0.5, 0.6) is 0 Å². The molecule has 1 heterocycles. The number of nitrogens with zero attached hydrogens (tertiary/aromatic N) is 1. The molecule has 2 aliphatic rings. The molecule has 1 aromatic rings. The molecular formula is C14H19NO. The number of fused-ring (bicyclic) bond motifs is 1. The minimum atomic E-state index is 0.259. The van der Waals surface area contributed by atoms with Crippen LogP contribution in [0.25, 0.3) is 0 Å². The smallest absolute Gasteiger partial charge is 0.0502 e. The van der Waals surface area contributed by atoms with E-state index >= 15 is 0 Å². The SMILES string of the molecule is OCC12CCC1CN(Cc1ccccc1)C2. The number of likely N-dealkylation sites (tertiary alicyclic amines) is 1. The Morgan fingerprint density at radius 1 is 1.31 bits per heavy atom. The van der Waals surface area contributed by atoms with Gasteiger partial charge in [-0.05, 0) is 24.3 Å². The van der Waals surface area contributed by atoms with Gasteiger partial charge in [-0.15, -0.1) is 0 Å². The second-order valence-electron chi connectivity index (χ2n) is 5.41. The lowest BCUT2D eigenvalue weighted by molar-refractivity contribution is 0.0131. The summed E-state index contributed by atoms with van der Waals surface area (Å²) in [5.41, 5.74) is 1.64. The van der Waals surface area contributed by atoms with Crippen molar-refractivity contribution in [2.75, 3.05) is 19.7 Å². The zero-order chi connectivity index (χ0) is 11.0. The number of aliphatic hydroxyl groups is 1. The summed E-state index contributed by atoms with van der Waals surface area (Å²) < 4.78 is 0. The van der Waals surface area contributed by atoms with Crippen LogP contribution in [-0.4, -0.2) is 29.7 Å². The second kappa shape index (κ2) is 3.86. The van der Waals surface area contributed by atoms with Crippen molar-refractivity contribution >= 4 is 0 Å². The fraction of sp³-hybridized carbons (Fsp3) is 0.571. The van der Waals surface area contributed by atoms with Crippen LogP contribution in [0.3, 0.4) is 0 Å². The van der Waals surface area contributed by atoms with E-state index < -0.39 is 0 Å². The van der Waals surface area contributed by atoms with E-state index in [9.17, 15) is 5.11 Å². The molecule has 1 aliphatic carbocycles. The number of benzene rings is 1. The van der Waals surface area contributed by atoms with E-state index in [1.165, 1.54) is 24.9 Å². The van der Waals surface area contributed by atoms with Gasteiger partial charge in [-0.1, -0.05) is 30.3 Å². The highest BCUT2D eigenvalue weighted by Gasteiger charge is 2.52. The summed E-state index contributed by atoms with van der Waals surface area (Å²) in [5.74, 6) is 0.751. The van der Waals surface area contributed by atoms with Crippen molar-refractivity contribution in [3.05, 3.63) is 35.9 Å². The Bertz CT molecular complexity index is 360. The van der Waals surface area contributed by atoms with Crippen molar-refractivity contribution in [2.45, 2.75) is 19.4 Å². The van der Waals surface area contributed by atoms with Gasteiger partial charge in [0.05, 0.1) is 6.61 Å². The molecule has 0 bridgehead atoms. The zero-order valence-electron chi connectivity index (χ0n) is 9.60. The molecule has 1 saturated carbocycles. The maximum atomic E-state index is 9.50. The van der Waals surface area contributed by atoms with Gasteiger partial charge < -0.3 is 5.11 Å². The maximum absolute atomic E-state index is 9.50. The zero-order valence-corrected chi connectivity index (χ0v) is 9.60. The molecule has 2 atom stereocenters. The Kier molecular flexibility index (Phi) is 2.49. The van der Waals surface area contributed by atoms with Crippen LogP contribution in [0.2, 0.25) is 0 Å². The highest BCUT2D eigenvalue weighted by molar-refractivity contribution is 5.15. The van der Waals surface area contributed by atoms with E-state index in [1.54, 1.807) is 0 Å². The third-order valence-corrected chi connectivity index (χ3v) is 4.44. The summed E-state index contributed by atoms with van der Waals surface area (Å²) >= 11 is 0. The minimum absolute atomic E-state index is 0.259. The first-order valence-corrected chi connectivity index (χ1v) is 6.19. The maximum Gasteiger partial charge on any atom is 0.0502 e. The molecule has 2 nitrogen and oxygen atoms in total. The highest BCUT2D eigenvalue weighted by atomic mass is 16.3. The topological polar surface area (TPSA) is 23.5 Å². The number of aliphatic hydroxyl groups excluding tert-OH is 1. The van der Waals surface area contributed by atoms with Crippen LogP contribution in [0.1, 0.15) is 18.4 Å². The van der Waals surface area contributed by atoms with Crippen molar-refractivity contribution < 1.29 is 5.11 Å². The molecule has 1 aromatic carbocycles. The first-order chi connectivity index (χ1) is 7.82.